The van der Waals surface area contributed by atoms with E-state index in [1.165, 1.54) is 0 Å². The lowest BCUT2D eigenvalue weighted by Gasteiger charge is -2.15. The second-order valence-electron chi connectivity index (χ2n) is 3.48. The van der Waals surface area contributed by atoms with Gasteiger partial charge in [0.1, 0.15) is 5.75 Å². The molecule has 0 unspecified atom stereocenters. The van der Waals surface area contributed by atoms with Crippen molar-refractivity contribution in [1.29, 1.82) is 0 Å². The van der Waals surface area contributed by atoms with E-state index in [0.29, 0.717) is 0 Å². The molecule has 1 atom stereocenters. The van der Waals surface area contributed by atoms with Gasteiger partial charge in [-0.3, -0.25) is 0 Å². The highest BCUT2D eigenvalue weighted by molar-refractivity contribution is 5.32. The summed E-state index contributed by atoms with van der Waals surface area (Å²) in [5.41, 5.74) is 1.12. The van der Waals surface area contributed by atoms with Gasteiger partial charge in [-0.05, 0) is 12.5 Å². The maximum Gasteiger partial charge on any atom is 0.123 e. The molecule has 0 fully saturated rings. The molecule has 0 radical (unpaired) electrons. The number of nitrogens with one attached hydrogen (secondary N) is 1. The summed E-state index contributed by atoms with van der Waals surface area (Å²) in [6, 6.07) is 8.06. The third kappa shape index (κ3) is 3.53. The van der Waals surface area contributed by atoms with Crippen LogP contribution in [0.15, 0.2) is 24.3 Å². The summed E-state index contributed by atoms with van der Waals surface area (Å²) >= 11 is 0. The average Bonchev–Trinajstić information content (AvgIpc) is 2.31. The molecule has 15 heavy (non-hydrogen) atoms. The first-order valence-corrected chi connectivity index (χ1v) is 5.28. The van der Waals surface area contributed by atoms with Crippen LogP contribution in [0.2, 0.25) is 0 Å². The van der Waals surface area contributed by atoms with Crippen LogP contribution >= 0.6 is 0 Å². The summed E-state index contributed by atoms with van der Waals surface area (Å²) in [5, 5.41) is 12.3. The van der Waals surface area contributed by atoms with Crippen molar-refractivity contribution >= 4 is 0 Å². The summed E-state index contributed by atoms with van der Waals surface area (Å²) < 4.78 is 5.24. The van der Waals surface area contributed by atoms with Crippen LogP contribution in [0.1, 0.15) is 18.9 Å². The topological polar surface area (TPSA) is 41.5 Å². The molecule has 0 saturated heterocycles. The minimum absolute atomic E-state index is 0.162. The van der Waals surface area contributed by atoms with Crippen LogP contribution in [0.5, 0.6) is 5.75 Å². The van der Waals surface area contributed by atoms with Crippen LogP contribution in [-0.2, 0) is 6.54 Å². The number of aliphatic hydroxyl groups excluding tert-OH is 1. The van der Waals surface area contributed by atoms with E-state index >= 15 is 0 Å². The second-order valence-corrected chi connectivity index (χ2v) is 3.48. The fourth-order valence-corrected chi connectivity index (χ4v) is 1.44. The Kier molecular flexibility index (Phi) is 5.15. The number of ether oxygens (including phenoxy) is 1. The average molecular weight is 209 g/mol. The van der Waals surface area contributed by atoms with Crippen LogP contribution < -0.4 is 10.1 Å². The van der Waals surface area contributed by atoms with Crippen LogP contribution in [0, 0.1) is 0 Å². The van der Waals surface area contributed by atoms with Gasteiger partial charge in [-0.1, -0.05) is 25.1 Å². The van der Waals surface area contributed by atoms with Gasteiger partial charge in [-0.2, -0.15) is 0 Å². The molecular weight excluding hydrogens is 190 g/mol. The third-order valence-corrected chi connectivity index (χ3v) is 2.49. The number of aliphatic hydroxyl groups is 1. The first kappa shape index (κ1) is 12.0. The number of hydrogen-bond donors (Lipinski definition) is 2. The molecule has 0 aliphatic heterocycles. The van der Waals surface area contributed by atoms with Crippen molar-refractivity contribution < 1.29 is 9.84 Å². The molecule has 0 heterocycles. The van der Waals surface area contributed by atoms with E-state index in [9.17, 15) is 0 Å². The Hall–Kier alpha value is -1.06. The monoisotopic (exact) mass is 209 g/mol. The maximum absolute atomic E-state index is 9.04. The highest BCUT2D eigenvalue weighted by Gasteiger charge is 2.05. The van der Waals surface area contributed by atoms with Crippen molar-refractivity contribution in [3.63, 3.8) is 0 Å². The molecule has 3 heteroatoms. The molecule has 0 aliphatic carbocycles. The minimum atomic E-state index is 0.162. The third-order valence-electron chi connectivity index (χ3n) is 2.49. The molecule has 84 valence electrons. The zero-order chi connectivity index (χ0) is 11.1. The van der Waals surface area contributed by atoms with Crippen LogP contribution in [-0.4, -0.2) is 24.9 Å². The highest BCUT2D eigenvalue weighted by Crippen LogP contribution is 2.16. The molecular formula is C12H19NO2. The van der Waals surface area contributed by atoms with Gasteiger partial charge in [0.25, 0.3) is 0 Å². The molecule has 3 nitrogen and oxygen atoms in total. The summed E-state index contributed by atoms with van der Waals surface area (Å²) in [5.74, 6) is 0.887. The summed E-state index contributed by atoms with van der Waals surface area (Å²) in [7, 11) is 1.67. The Balaban J connectivity index is 2.56. The number of rotatable bonds is 6. The molecule has 1 rings (SSSR count). The Morgan fingerprint density at radius 3 is 2.73 bits per heavy atom. The molecule has 0 aliphatic rings. The van der Waals surface area contributed by atoms with Gasteiger partial charge in [0, 0.05) is 18.2 Å². The van der Waals surface area contributed by atoms with Gasteiger partial charge < -0.3 is 15.2 Å². The smallest absolute Gasteiger partial charge is 0.123 e. The molecule has 2 N–H and O–H groups in total. The minimum Gasteiger partial charge on any atom is -0.496 e. The molecule has 0 bridgehead atoms. The van der Waals surface area contributed by atoms with Gasteiger partial charge >= 0.3 is 0 Å². The van der Waals surface area contributed by atoms with Crippen LogP contribution in [0.25, 0.3) is 0 Å². The van der Waals surface area contributed by atoms with Crippen LogP contribution in [0.3, 0.4) is 0 Å². The van der Waals surface area contributed by atoms with Crippen molar-refractivity contribution in [3.8, 4) is 5.75 Å². The molecule has 0 aromatic heterocycles. The van der Waals surface area contributed by atoms with Crippen molar-refractivity contribution in [2.75, 3.05) is 13.7 Å². The lowest BCUT2D eigenvalue weighted by atomic mass is 10.1. The SMILES string of the molecule is CC[C@H](CO)NCc1ccccc1OC. The molecule has 0 amide bonds. The lowest BCUT2D eigenvalue weighted by Crippen LogP contribution is -2.31. The lowest BCUT2D eigenvalue weighted by molar-refractivity contribution is 0.238. The zero-order valence-electron chi connectivity index (χ0n) is 9.36. The Labute approximate surface area is 91.1 Å². The van der Waals surface area contributed by atoms with E-state index in [2.05, 4.69) is 12.2 Å². The van der Waals surface area contributed by atoms with Crippen molar-refractivity contribution in [2.45, 2.75) is 25.9 Å². The van der Waals surface area contributed by atoms with E-state index in [1.54, 1.807) is 7.11 Å². The number of para-hydroxylation sites is 1. The van der Waals surface area contributed by atoms with Crippen molar-refractivity contribution in [2.24, 2.45) is 0 Å². The molecule has 0 saturated carbocycles. The largest absolute Gasteiger partial charge is 0.496 e. The van der Waals surface area contributed by atoms with Gasteiger partial charge in [0.15, 0.2) is 0 Å². The summed E-state index contributed by atoms with van der Waals surface area (Å²) in [6.07, 6.45) is 0.922. The van der Waals surface area contributed by atoms with Gasteiger partial charge in [-0.15, -0.1) is 0 Å². The van der Waals surface area contributed by atoms with E-state index in [1.807, 2.05) is 24.3 Å². The van der Waals surface area contributed by atoms with Gasteiger partial charge in [0.2, 0.25) is 0 Å². The fourth-order valence-electron chi connectivity index (χ4n) is 1.44. The van der Waals surface area contributed by atoms with E-state index in [0.717, 1.165) is 24.3 Å². The fraction of sp³-hybridized carbons (Fsp3) is 0.500. The number of benzene rings is 1. The zero-order valence-corrected chi connectivity index (χ0v) is 9.36. The first-order valence-electron chi connectivity index (χ1n) is 5.28. The van der Waals surface area contributed by atoms with Crippen molar-refractivity contribution in [3.05, 3.63) is 29.8 Å². The Morgan fingerprint density at radius 1 is 1.40 bits per heavy atom. The van der Waals surface area contributed by atoms with Crippen LogP contribution in [0.4, 0.5) is 0 Å². The predicted octanol–water partition coefficient (Wildman–Crippen LogP) is 1.56. The molecule has 1 aromatic rings. The standard InChI is InChI=1S/C12H19NO2/c1-3-11(9-14)13-8-10-6-4-5-7-12(10)15-2/h4-7,11,13-14H,3,8-9H2,1-2H3/t11-/m1/s1. The van der Waals surface area contributed by atoms with Gasteiger partial charge in [-0.25, -0.2) is 0 Å². The Bertz CT molecular complexity index is 285. The van der Waals surface area contributed by atoms with Crippen molar-refractivity contribution in [1.82, 2.24) is 5.32 Å². The van der Waals surface area contributed by atoms with E-state index in [-0.39, 0.29) is 12.6 Å². The number of hydrogen-bond acceptors (Lipinski definition) is 3. The molecule has 0 spiro atoms. The number of methoxy groups -OCH3 is 1. The maximum atomic E-state index is 9.04. The first-order chi connectivity index (χ1) is 7.31. The quantitative estimate of drug-likeness (QED) is 0.747. The Morgan fingerprint density at radius 2 is 2.13 bits per heavy atom. The van der Waals surface area contributed by atoms with E-state index < -0.39 is 0 Å². The molecule has 1 aromatic carbocycles. The summed E-state index contributed by atoms with van der Waals surface area (Å²) in [4.78, 5) is 0. The van der Waals surface area contributed by atoms with Gasteiger partial charge in [0.05, 0.1) is 13.7 Å². The normalized spacial score (nSPS) is 12.5. The van der Waals surface area contributed by atoms with E-state index in [4.69, 9.17) is 9.84 Å². The summed E-state index contributed by atoms with van der Waals surface area (Å²) in [6.45, 7) is 2.95. The predicted molar refractivity (Wildman–Crippen MR) is 61.0 cm³/mol. The highest BCUT2D eigenvalue weighted by atomic mass is 16.5. The second kappa shape index (κ2) is 6.43.